The van der Waals surface area contributed by atoms with Crippen molar-refractivity contribution in [3.8, 4) is 0 Å². The molecule has 0 aliphatic heterocycles. The van der Waals surface area contributed by atoms with Gasteiger partial charge in [-0.05, 0) is 47.1 Å². The van der Waals surface area contributed by atoms with E-state index in [4.69, 9.17) is 0 Å². The van der Waals surface area contributed by atoms with Gasteiger partial charge in [0.25, 0.3) is 0 Å². The summed E-state index contributed by atoms with van der Waals surface area (Å²) in [6.45, 7) is 11.9. The Morgan fingerprint density at radius 3 is 2.33 bits per heavy atom. The molecule has 0 nitrogen and oxygen atoms in total. The second-order valence-electron chi connectivity index (χ2n) is 7.29. The first-order chi connectivity index (χ1) is 8.41. The zero-order chi connectivity index (χ0) is 13.3. The van der Waals surface area contributed by atoms with Crippen molar-refractivity contribution in [1.82, 2.24) is 0 Å². The van der Waals surface area contributed by atoms with Crippen LogP contribution in [-0.4, -0.2) is 0 Å². The van der Waals surface area contributed by atoms with E-state index in [0.29, 0.717) is 11.3 Å². The Labute approximate surface area is 113 Å². The van der Waals surface area contributed by atoms with Crippen molar-refractivity contribution >= 4 is 0 Å². The Bertz CT molecular complexity index is 395. The molecule has 0 saturated heterocycles. The maximum atomic E-state index is 2.41. The standard InChI is InChI=1S/C18H28/c1-13(2)14-9-6-7-10-15(14)16-11-8-12-17(16)18(3,4)5/h6-7,9-10,13,16-17H,8,11-12H2,1-5H3. The first-order valence-corrected chi connectivity index (χ1v) is 7.50. The monoisotopic (exact) mass is 244 g/mol. The number of hydrogen-bond donors (Lipinski definition) is 0. The molecule has 0 heterocycles. The molecule has 1 aromatic rings. The molecule has 0 spiro atoms. The van der Waals surface area contributed by atoms with Gasteiger partial charge in [-0.2, -0.15) is 0 Å². The van der Waals surface area contributed by atoms with Crippen LogP contribution in [-0.2, 0) is 0 Å². The fourth-order valence-electron chi connectivity index (χ4n) is 3.74. The average molecular weight is 244 g/mol. The van der Waals surface area contributed by atoms with Gasteiger partial charge in [0.05, 0.1) is 0 Å². The van der Waals surface area contributed by atoms with E-state index in [1.54, 1.807) is 11.1 Å². The van der Waals surface area contributed by atoms with E-state index < -0.39 is 0 Å². The molecule has 2 rings (SSSR count). The zero-order valence-corrected chi connectivity index (χ0v) is 12.7. The highest BCUT2D eigenvalue weighted by Gasteiger charge is 2.37. The normalized spacial score (nSPS) is 24.8. The second kappa shape index (κ2) is 5.07. The third kappa shape index (κ3) is 2.63. The fraction of sp³-hybridized carbons (Fsp3) is 0.667. The molecule has 1 aliphatic carbocycles. The van der Waals surface area contributed by atoms with Crippen molar-refractivity contribution < 1.29 is 0 Å². The Hall–Kier alpha value is -0.780. The lowest BCUT2D eigenvalue weighted by Gasteiger charge is -2.34. The van der Waals surface area contributed by atoms with Gasteiger partial charge >= 0.3 is 0 Å². The molecular formula is C18H28. The van der Waals surface area contributed by atoms with Crippen LogP contribution < -0.4 is 0 Å². The Morgan fingerprint density at radius 2 is 1.72 bits per heavy atom. The van der Waals surface area contributed by atoms with Crippen LogP contribution in [0.3, 0.4) is 0 Å². The minimum Gasteiger partial charge on any atom is -0.0620 e. The third-order valence-corrected chi connectivity index (χ3v) is 4.65. The van der Waals surface area contributed by atoms with E-state index >= 15 is 0 Å². The molecule has 2 atom stereocenters. The highest BCUT2D eigenvalue weighted by atomic mass is 14.4. The van der Waals surface area contributed by atoms with E-state index in [0.717, 1.165) is 11.8 Å². The quantitative estimate of drug-likeness (QED) is 0.622. The van der Waals surface area contributed by atoms with Crippen molar-refractivity contribution in [1.29, 1.82) is 0 Å². The van der Waals surface area contributed by atoms with Crippen molar-refractivity contribution in [3.05, 3.63) is 35.4 Å². The van der Waals surface area contributed by atoms with Gasteiger partial charge < -0.3 is 0 Å². The van der Waals surface area contributed by atoms with E-state index in [2.05, 4.69) is 58.9 Å². The van der Waals surface area contributed by atoms with Gasteiger partial charge in [-0.1, -0.05) is 65.3 Å². The molecule has 18 heavy (non-hydrogen) atoms. The summed E-state index contributed by atoms with van der Waals surface area (Å²) in [5, 5.41) is 0. The average Bonchev–Trinajstić information content (AvgIpc) is 2.77. The summed E-state index contributed by atoms with van der Waals surface area (Å²) in [6.07, 6.45) is 4.19. The molecule has 0 N–H and O–H groups in total. The van der Waals surface area contributed by atoms with E-state index in [1.165, 1.54) is 19.3 Å². The maximum Gasteiger partial charge on any atom is -0.0126 e. The predicted molar refractivity (Wildman–Crippen MR) is 80.1 cm³/mol. The van der Waals surface area contributed by atoms with Crippen molar-refractivity contribution in [3.63, 3.8) is 0 Å². The van der Waals surface area contributed by atoms with Crippen LogP contribution in [0.25, 0.3) is 0 Å². The number of hydrogen-bond acceptors (Lipinski definition) is 0. The first-order valence-electron chi connectivity index (χ1n) is 7.50. The summed E-state index contributed by atoms with van der Waals surface area (Å²) in [7, 11) is 0. The molecule has 0 amide bonds. The SMILES string of the molecule is CC(C)c1ccccc1C1CCCC1C(C)(C)C. The van der Waals surface area contributed by atoms with Gasteiger partial charge in [0.1, 0.15) is 0 Å². The van der Waals surface area contributed by atoms with Crippen LogP contribution in [0, 0.1) is 11.3 Å². The molecule has 100 valence electrons. The van der Waals surface area contributed by atoms with Crippen LogP contribution in [0.1, 0.15) is 76.8 Å². The summed E-state index contributed by atoms with van der Waals surface area (Å²) < 4.78 is 0. The van der Waals surface area contributed by atoms with Crippen LogP contribution >= 0.6 is 0 Å². The molecule has 0 radical (unpaired) electrons. The van der Waals surface area contributed by atoms with Gasteiger partial charge in [0.2, 0.25) is 0 Å². The largest absolute Gasteiger partial charge is 0.0620 e. The highest BCUT2D eigenvalue weighted by Crippen LogP contribution is 2.49. The van der Waals surface area contributed by atoms with Gasteiger partial charge in [-0.15, -0.1) is 0 Å². The van der Waals surface area contributed by atoms with Crippen molar-refractivity contribution in [2.75, 3.05) is 0 Å². The summed E-state index contributed by atoms with van der Waals surface area (Å²) >= 11 is 0. The summed E-state index contributed by atoms with van der Waals surface area (Å²) in [5.41, 5.74) is 3.63. The summed E-state index contributed by atoms with van der Waals surface area (Å²) in [6, 6.07) is 9.13. The first kappa shape index (κ1) is 13.6. The molecule has 0 heteroatoms. The van der Waals surface area contributed by atoms with E-state index in [9.17, 15) is 0 Å². The van der Waals surface area contributed by atoms with Crippen LogP contribution in [0.4, 0.5) is 0 Å². The lowest BCUT2D eigenvalue weighted by molar-refractivity contribution is 0.222. The van der Waals surface area contributed by atoms with E-state index in [1.807, 2.05) is 0 Å². The number of rotatable bonds is 2. The number of benzene rings is 1. The molecule has 0 aromatic heterocycles. The molecule has 0 bridgehead atoms. The molecule has 1 aliphatic rings. The molecule has 1 saturated carbocycles. The van der Waals surface area contributed by atoms with Gasteiger partial charge in [-0.3, -0.25) is 0 Å². The zero-order valence-electron chi connectivity index (χ0n) is 12.7. The lowest BCUT2D eigenvalue weighted by Crippen LogP contribution is -2.23. The summed E-state index contributed by atoms with van der Waals surface area (Å²) in [5.74, 6) is 2.27. The summed E-state index contributed by atoms with van der Waals surface area (Å²) in [4.78, 5) is 0. The van der Waals surface area contributed by atoms with Crippen molar-refractivity contribution in [2.45, 2.75) is 65.7 Å². The Balaban J connectivity index is 2.36. The maximum absolute atomic E-state index is 2.41. The topological polar surface area (TPSA) is 0 Å². The van der Waals surface area contributed by atoms with Gasteiger partial charge in [-0.25, -0.2) is 0 Å². The predicted octanol–water partition coefficient (Wildman–Crippen LogP) is 5.74. The van der Waals surface area contributed by atoms with Crippen molar-refractivity contribution in [2.24, 2.45) is 11.3 Å². The molecule has 1 aromatic carbocycles. The Kier molecular flexibility index (Phi) is 3.84. The molecule has 2 unspecified atom stereocenters. The van der Waals surface area contributed by atoms with Gasteiger partial charge in [0, 0.05) is 0 Å². The minimum absolute atomic E-state index is 0.436. The lowest BCUT2D eigenvalue weighted by atomic mass is 9.71. The molecular weight excluding hydrogens is 216 g/mol. The van der Waals surface area contributed by atoms with E-state index in [-0.39, 0.29) is 0 Å². The van der Waals surface area contributed by atoms with Crippen LogP contribution in [0.5, 0.6) is 0 Å². The minimum atomic E-state index is 0.436. The fourth-order valence-corrected chi connectivity index (χ4v) is 3.74. The van der Waals surface area contributed by atoms with Crippen LogP contribution in [0.2, 0.25) is 0 Å². The molecule has 1 fully saturated rings. The highest BCUT2D eigenvalue weighted by molar-refractivity contribution is 5.34. The van der Waals surface area contributed by atoms with Crippen LogP contribution in [0.15, 0.2) is 24.3 Å². The second-order valence-corrected chi connectivity index (χ2v) is 7.29. The smallest absolute Gasteiger partial charge is 0.0126 e. The van der Waals surface area contributed by atoms with Gasteiger partial charge in [0.15, 0.2) is 0 Å². The Morgan fingerprint density at radius 1 is 1.06 bits per heavy atom. The third-order valence-electron chi connectivity index (χ3n) is 4.65.